The molecular formula is C26H34N4O2S. The van der Waals surface area contributed by atoms with Crippen LogP contribution < -0.4 is 10.2 Å². The number of carbonyl (C=O) groups is 1. The second kappa shape index (κ2) is 11.3. The standard InChI is InChI=1S/C26H34N4O2S/c1-17(2)14-30(15-18(3)4)24-7-6-21(19(5)12-25(31)32)13-22(24)28-26-29-23(16-33-26)20-8-10-27-11-9-20/h6-11,13,16-19H,12,14-15H2,1-5H3,(H,28,29)(H,31,32). The number of thiazole rings is 1. The molecule has 6 nitrogen and oxygen atoms in total. The molecule has 0 radical (unpaired) electrons. The van der Waals surface area contributed by atoms with Crippen LogP contribution in [0.1, 0.15) is 52.5 Å². The molecule has 2 N–H and O–H groups in total. The van der Waals surface area contributed by atoms with Crippen LogP contribution in [0.4, 0.5) is 16.5 Å². The topological polar surface area (TPSA) is 78.4 Å². The quantitative estimate of drug-likeness (QED) is 0.330. The summed E-state index contributed by atoms with van der Waals surface area (Å²) in [6.45, 7) is 12.8. The van der Waals surface area contributed by atoms with Gasteiger partial charge in [-0.3, -0.25) is 9.78 Å². The smallest absolute Gasteiger partial charge is 0.303 e. The fourth-order valence-electron chi connectivity index (χ4n) is 3.87. The summed E-state index contributed by atoms with van der Waals surface area (Å²) in [4.78, 5) is 22.6. The van der Waals surface area contributed by atoms with Crippen LogP contribution >= 0.6 is 11.3 Å². The number of aliphatic carboxylic acids is 1. The number of pyridine rings is 1. The average molecular weight is 467 g/mol. The van der Waals surface area contributed by atoms with Crippen molar-refractivity contribution >= 4 is 33.8 Å². The molecule has 2 aromatic heterocycles. The first-order chi connectivity index (χ1) is 15.7. The molecule has 0 aliphatic rings. The van der Waals surface area contributed by atoms with E-state index in [1.54, 1.807) is 23.7 Å². The number of carboxylic acid groups (broad SMARTS) is 1. The highest BCUT2D eigenvalue weighted by molar-refractivity contribution is 7.14. The number of aromatic nitrogens is 2. The van der Waals surface area contributed by atoms with Gasteiger partial charge < -0.3 is 15.3 Å². The molecule has 176 valence electrons. The SMILES string of the molecule is CC(C)CN(CC(C)C)c1ccc(C(C)CC(=O)O)cc1Nc1nc(-c2ccncc2)cs1. The summed E-state index contributed by atoms with van der Waals surface area (Å²) in [5.41, 5.74) is 5.01. The third-order valence-electron chi connectivity index (χ3n) is 5.30. The molecule has 0 aliphatic carbocycles. The van der Waals surface area contributed by atoms with Gasteiger partial charge >= 0.3 is 5.97 Å². The number of hydrogen-bond donors (Lipinski definition) is 2. The summed E-state index contributed by atoms with van der Waals surface area (Å²) in [6, 6.07) is 10.2. The molecule has 0 aliphatic heterocycles. The lowest BCUT2D eigenvalue weighted by molar-refractivity contribution is -0.137. The van der Waals surface area contributed by atoms with E-state index in [9.17, 15) is 9.90 Å². The van der Waals surface area contributed by atoms with E-state index in [1.165, 1.54) is 0 Å². The molecule has 33 heavy (non-hydrogen) atoms. The summed E-state index contributed by atoms with van der Waals surface area (Å²) in [5, 5.41) is 15.6. The van der Waals surface area contributed by atoms with E-state index < -0.39 is 5.97 Å². The molecule has 0 fully saturated rings. The van der Waals surface area contributed by atoms with E-state index in [4.69, 9.17) is 4.98 Å². The highest BCUT2D eigenvalue weighted by Gasteiger charge is 2.18. The van der Waals surface area contributed by atoms with Gasteiger partial charge in [-0.25, -0.2) is 4.98 Å². The molecule has 0 spiro atoms. The van der Waals surface area contributed by atoms with Gasteiger partial charge in [0.15, 0.2) is 5.13 Å². The lowest BCUT2D eigenvalue weighted by Crippen LogP contribution is -2.31. The van der Waals surface area contributed by atoms with Crippen molar-refractivity contribution in [2.75, 3.05) is 23.3 Å². The molecule has 7 heteroatoms. The number of anilines is 3. The Morgan fingerprint density at radius 3 is 2.33 bits per heavy atom. The molecule has 0 saturated carbocycles. The molecule has 1 aromatic carbocycles. The van der Waals surface area contributed by atoms with Crippen LogP contribution in [0.2, 0.25) is 0 Å². The zero-order valence-corrected chi connectivity index (χ0v) is 20.9. The van der Waals surface area contributed by atoms with Crippen molar-refractivity contribution in [2.45, 2.75) is 47.0 Å². The Balaban J connectivity index is 1.98. The summed E-state index contributed by atoms with van der Waals surface area (Å²) in [7, 11) is 0. The summed E-state index contributed by atoms with van der Waals surface area (Å²) in [5.74, 6) is 0.161. The monoisotopic (exact) mass is 466 g/mol. The maximum atomic E-state index is 11.3. The summed E-state index contributed by atoms with van der Waals surface area (Å²) < 4.78 is 0. The van der Waals surface area contributed by atoms with E-state index >= 15 is 0 Å². The van der Waals surface area contributed by atoms with Crippen LogP contribution in [0, 0.1) is 11.8 Å². The Labute approximate surface area is 200 Å². The van der Waals surface area contributed by atoms with Crippen LogP contribution in [0.5, 0.6) is 0 Å². The summed E-state index contributed by atoms with van der Waals surface area (Å²) in [6.07, 6.45) is 3.63. The average Bonchev–Trinajstić information content (AvgIpc) is 3.21. The lowest BCUT2D eigenvalue weighted by atomic mass is 9.96. The molecule has 3 aromatic rings. The van der Waals surface area contributed by atoms with E-state index in [0.29, 0.717) is 11.8 Å². The molecular weight excluding hydrogens is 432 g/mol. The van der Waals surface area contributed by atoms with Gasteiger partial charge in [-0.2, -0.15) is 0 Å². The van der Waals surface area contributed by atoms with Gasteiger partial charge in [-0.15, -0.1) is 11.3 Å². The molecule has 0 bridgehead atoms. The number of nitrogens with zero attached hydrogens (tertiary/aromatic N) is 3. The number of rotatable bonds is 11. The number of nitrogens with one attached hydrogen (secondary N) is 1. The van der Waals surface area contributed by atoms with Crippen molar-refractivity contribution in [3.63, 3.8) is 0 Å². The molecule has 1 atom stereocenters. The summed E-state index contributed by atoms with van der Waals surface area (Å²) >= 11 is 1.56. The fourth-order valence-corrected chi connectivity index (χ4v) is 4.60. The van der Waals surface area contributed by atoms with E-state index in [2.05, 4.69) is 61.1 Å². The Bertz CT molecular complexity index is 1040. The fraction of sp³-hybridized carbons (Fsp3) is 0.423. The highest BCUT2D eigenvalue weighted by Crippen LogP contribution is 2.35. The van der Waals surface area contributed by atoms with Gasteiger partial charge in [0, 0.05) is 36.4 Å². The van der Waals surface area contributed by atoms with Crippen molar-refractivity contribution in [1.29, 1.82) is 0 Å². The van der Waals surface area contributed by atoms with Crippen molar-refractivity contribution in [3.05, 3.63) is 53.7 Å². The van der Waals surface area contributed by atoms with Gasteiger partial charge in [-0.05, 0) is 47.6 Å². The van der Waals surface area contributed by atoms with Gasteiger partial charge in [0.05, 0.1) is 23.5 Å². The van der Waals surface area contributed by atoms with E-state index in [0.717, 1.165) is 46.4 Å². The molecule has 2 heterocycles. The second-order valence-electron chi connectivity index (χ2n) is 9.37. The second-order valence-corrected chi connectivity index (χ2v) is 10.2. The molecule has 0 amide bonds. The minimum atomic E-state index is -0.788. The van der Waals surface area contributed by atoms with Gasteiger partial charge in [0.1, 0.15) is 0 Å². The first kappa shape index (κ1) is 24.7. The predicted octanol–water partition coefficient (Wildman–Crippen LogP) is 6.65. The predicted molar refractivity (Wildman–Crippen MR) is 138 cm³/mol. The Morgan fingerprint density at radius 1 is 1.06 bits per heavy atom. The van der Waals surface area contributed by atoms with E-state index in [1.807, 2.05) is 24.4 Å². The first-order valence-corrected chi connectivity index (χ1v) is 12.3. The van der Waals surface area contributed by atoms with Crippen LogP contribution in [0.3, 0.4) is 0 Å². The number of benzene rings is 1. The van der Waals surface area contributed by atoms with Crippen LogP contribution in [0.25, 0.3) is 11.3 Å². The molecule has 0 saturated heterocycles. The van der Waals surface area contributed by atoms with Crippen molar-refractivity contribution < 1.29 is 9.90 Å². The molecule has 1 unspecified atom stereocenters. The minimum Gasteiger partial charge on any atom is -0.481 e. The number of carboxylic acids is 1. The Hall–Kier alpha value is -2.93. The van der Waals surface area contributed by atoms with E-state index in [-0.39, 0.29) is 12.3 Å². The first-order valence-electron chi connectivity index (χ1n) is 11.5. The van der Waals surface area contributed by atoms with Crippen molar-refractivity contribution in [1.82, 2.24) is 9.97 Å². The maximum Gasteiger partial charge on any atom is 0.303 e. The minimum absolute atomic E-state index is 0.0792. The van der Waals surface area contributed by atoms with Gasteiger partial charge in [0.2, 0.25) is 0 Å². The lowest BCUT2D eigenvalue weighted by Gasteiger charge is -2.31. The normalized spacial score (nSPS) is 12.2. The van der Waals surface area contributed by atoms with Crippen LogP contribution in [-0.4, -0.2) is 34.1 Å². The van der Waals surface area contributed by atoms with Crippen molar-refractivity contribution in [3.8, 4) is 11.3 Å². The number of hydrogen-bond acceptors (Lipinski definition) is 6. The van der Waals surface area contributed by atoms with Crippen LogP contribution in [-0.2, 0) is 4.79 Å². The third kappa shape index (κ3) is 7.02. The maximum absolute atomic E-state index is 11.3. The van der Waals surface area contributed by atoms with Crippen molar-refractivity contribution in [2.24, 2.45) is 11.8 Å². The Kier molecular flexibility index (Phi) is 8.44. The molecule has 3 rings (SSSR count). The zero-order chi connectivity index (χ0) is 24.0. The van der Waals surface area contributed by atoms with Crippen LogP contribution in [0.15, 0.2) is 48.1 Å². The van der Waals surface area contributed by atoms with Gasteiger partial charge in [0.25, 0.3) is 0 Å². The van der Waals surface area contributed by atoms with Gasteiger partial charge in [-0.1, -0.05) is 40.7 Å². The largest absolute Gasteiger partial charge is 0.481 e. The highest BCUT2D eigenvalue weighted by atomic mass is 32.1. The third-order valence-corrected chi connectivity index (χ3v) is 6.06. The zero-order valence-electron chi connectivity index (χ0n) is 20.1. The Morgan fingerprint density at radius 2 is 1.73 bits per heavy atom.